The van der Waals surface area contributed by atoms with Gasteiger partial charge in [0.25, 0.3) is 22.4 Å². The first-order valence-electron chi connectivity index (χ1n) is 33.2. The molecule has 14 N–H and O–H groups in total. The predicted molar refractivity (Wildman–Crippen MR) is 441 cm³/mol. The number of nitrogen functional groups attached to an aromatic ring is 2. The van der Waals surface area contributed by atoms with Crippen molar-refractivity contribution in [3.63, 3.8) is 0 Å². The second-order valence-corrected chi connectivity index (χ2v) is 25.7. The number of hydrogen-bond acceptors (Lipinski definition) is 19. The van der Waals surface area contributed by atoms with E-state index in [0.29, 0.717) is 58.9 Å². The first kappa shape index (κ1) is 92.1. The lowest BCUT2D eigenvalue weighted by molar-refractivity contribution is -0.106. The van der Waals surface area contributed by atoms with Crippen molar-refractivity contribution >= 4 is 84.6 Å². The number of nitrogens with one attached hydrogen (secondary N) is 3. The molecule has 0 radical (unpaired) electrons. The number of rotatable bonds is 15. The number of alkyl halides is 1. The van der Waals surface area contributed by atoms with E-state index in [1.807, 2.05) is 206 Å². The number of fused-ring (bicyclic) bond motifs is 1. The van der Waals surface area contributed by atoms with Gasteiger partial charge in [-0.05, 0) is 178 Å². The molecule has 3 aromatic heterocycles. The van der Waals surface area contributed by atoms with E-state index in [1.54, 1.807) is 64.2 Å². The van der Waals surface area contributed by atoms with E-state index in [0.717, 1.165) is 91.7 Å². The molecule has 1 atom stereocenters. The van der Waals surface area contributed by atoms with Crippen LogP contribution in [0.5, 0.6) is 46.0 Å². The minimum absolute atomic E-state index is 0. The van der Waals surface area contributed by atoms with Crippen molar-refractivity contribution < 1.29 is 50.7 Å². The number of allylic oxidation sites excluding steroid dienone is 2. The largest absolute Gasteiger partial charge is 0.457 e. The van der Waals surface area contributed by atoms with Gasteiger partial charge in [0.2, 0.25) is 12.1 Å². The number of carbonyl (C=O) groups excluding carboxylic acids is 3. The number of aromatic nitrogens is 4. The Balaban J connectivity index is 0.000000350. The maximum atomic E-state index is 11.8. The monoisotopic (exact) mass is 1590 g/mol. The van der Waals surface area contributed by atoms with E-state index < -0.39 is 27.9 Å². The van der Waals surface area contributed by atoms with Crippen LogP contribution in [0.1, 0.15) is 63.9 Å². The summed E-state index contributed by atoms with van der Waals surface area (Å²) in [6, 6.07) is 71.8. The van der Waals surface area contributed by atoms with Crippen LogP contribution >= 0.6 is 15.9 Å². The van der Waals surface area contributed by atoms with Gasteiger partial charge in [0.1, 0.15) is 81.3 Å². The van der Waals surface area contributed by atoms with Gasteiger partial charge in [-0.3, -0.25) is 19.2 Å². The second-order valence-electron chi connectivity index (χ2n) is 23.5. The first-order chi connectivity index (χ1) is 52.9. The summed E-state index contributed by atoms with van der Waals surface area (Å²) in [6.45, 7) is 27.9. The quantitative estimate of drug-likeness (QED) is 0.00544. The number of benzene rings is 8. The van der Waals surface area contributed by atoms with Crippen molar-refractivity contribution in [3.8, 4) is 80.4 Å². The summed E-state index contributed by atoms with van der Waals surface area (Å²) in [4.78, 5) is 56.7. The zero-order chi connectivity index (χ0) is 80.3. The molecule has 1 fully saturated rings. The molecule has 29 heteroatoms. The fourth-order valence-corrected chi connectivity index (χ4v) is 10.8. The number of primary amides is 1. The molecule has 2 amide bonds. The number of carbonyl (C=O) groups is 3. The number of nitriles is 2. The Hall–Kier alpha value is -14.1. The van der Waals surface area contributed by atoms with Crippen molar-refractivity contribution in [3.05, 3.63) is 288 Å². The summed E-state index contributed by atoms with van der Waals surface area (Å²) in [5.74, 6) is 7.05. The number of para-hydroxylation sites is 4. The molecular formula is C83H87BrN16O11S. The number of ether oxygens (including phenoxy) is 5. The third kappa shape index (κ3) is 32.1. The maximum absolute atomic E-state index is 11.8. The number of likely N-dealkylation sites (tertiary alicyclic amines) is 1. The molecular weight excluding hydrogens is 1510 g/mol. The Morgan fingerprint density at radius 1 is 0.670 bits per heavy atom. The minimum Gasteiger partial charge on any atom is -0.457 e. The van der Waals surface area contributed by atoms with E-state index in [4.69, 9.17) is 79.8 Å². The molecule has 1 unspecified atom stereocenters. The summed E-state index contributed by atoms with van der Waals surface area (Å²) >= 11 is 3.32. The third-order valence-corrected chi connectivity index (χ3v) is 15.5. The van der Waals surface area contributed by atoms with E-state index in [-0.39, 0.29) is 44.6 Å². The summed E-state index contributed by atoms with van der Waals surface area (Å²) in [7, 11) is -3.49. The van der Waals surface area contributed by atoms with Crippen molar-refractivity contribution in [1.82, 2.24) is 31.0 Å². The normalized spacial score (nSPS) is 11.5. The average Bonchev–Trinajstić information content (AvgIpc) is 1.64. The Bertz CT molecular complexity index is 5050. The van der Waals surface area contributed by atoms with Gasteiger partial charge in [0, 0.05) is 34.8 Å². The summed E-state index contributed by atoms with van der Waals surface area (Å²) in [5, 5.41) is 23.7. The zero-order valence-electron chi connectivity index (χ0n) is 61.4. The van der Waals surface area contributed by atoms with Crippen molar-refractivity contribution in [2.45, 2.75) is 59.7 Å². The lowest BCUT2D eigenvalue weighted by Gasteiger charge is -2.33. The van der Waals surface area contributed by atoms with Gasteiger partial charge in [-0.2, -0.15) is 13.7 Å². The van der Waals surface area contributed by atoms with Gasteiger partial charge < -0.3 is 72.5 Å². The van der Waals surface area contributed by atoms with Crippen molar-refractivity contribution in [2.75, 3.05) is 42.7 Å². The Labute approximate surface area is 660 Å². The Morgan fingerprint density at radius 2 is 1.07 bits per heavy atom. The highest BCUT2D eigenvalue weighted by Gasteiger charge is 2.30. The van der Waals surface area contributed by atoms with Crippen LogP contribution in [0.4, 0.5) is 22.1 Å². The number of H-pyrrole nitrogens is 2. The lowest BCUT2D eigenvalue weighted by atomic mass is 10.1. The van der Waals surface area contributed by atoms with Crippen LogP contribution in [0.2, 0.25) is 0 Å². The molecule has 12 rings (SSSR count). The second kappa shape index (κ2) is 49.0. The number of hydrogen-bond donors (Lipinski definition) is 8. The van der Waals surface area contributed by atoms with Crippen LogP contribution in [0.3, 0.4) is 0 Å². The van der Waals surface area contributed by atoms with Gasteiger partial charge in [-0.15, -0.1) is 0 Å². The highest BCUT2D eigenvalue weighted by molar-refractivity contribution is 9.09. The first-order valence-corrected chi connectivity index (χ1v) is 36.1. The van der Waals surface area contributed by atoms with Gasteiger partial charge in [-0.25, -0.2) is 36.3 Å². The van der Waals surface area contributed by atoms with Gasteiger partial charge in [0.15, 0.2) is 5.78 Å². The number of nitrogens with two attached hydrogens (primary N) is 4. The third-order valence-electron chi connectivity index (χ3n) is 14.3. The van der Waals surface area contributed by atoms with Gasteiger partial charge in [0.05, 0.1) is 49.8 Å². The highest BCUT2D eigenvalue weighted by atomic mass is 79.9. The number of nitrogens with zero attached hydrogens (tertiary/aromatic N) is 8. The molecule has 1 saturated heterocycles. The summed E-state index contributed by atoms with van der Waals surface area (Å²) in [5.41, 5.74) is 26.9. The SMILES string of the molecule is C.CC(=O)c1ccc(Oc2ccccc2)cc1.CC(C)(C)OC(=O)N1CCCC(OS(C)(=O)=O)C1.N.N=CN.NC=O.Nc1ncnc2[nH]cc(-c3ccc(Oc4ccccc4)cc3)c12.[C-]#[N+]/C(C#N)=C(/CBr)c1ccc(Oc2ccccc2)cc1.[C-]#[N+]CC#N.[C-]#[N+]c1c(-c2ccc(Oc3ccccc3)cc2)c[nH]c1N. The molecule has 578 valence electrons. The van der Waals surface area contributed by atoms with E-state index >= 15 is 0 Å². The molecule has 1 aliphatic rings. The predicted octanol–water partition coefficient (Wildman–Crippen LogP) is 18.6. The zero-order valence-corrected chi connectivity index (χ0v) is 63.8. The highest BCUT2D eigenvalue weighted by Crippen LogP contribution is 2.37. The van der Waals surface area contributed by atoms with Crippen LogP contribution in [-0.2, 0) is 23.8 Å². The number of ketones is 1. The van der Waals surface area contributed by atoms with E-state index in [1.165, 1.54) is 11.2 Å². The molecule has 0 spiro atoms. The van der Waals surface area contributed by atoms with E-state index in [2.05, 4.69) is 61.9 Å². The number of aromatic amines is 2. The van der Waals surface area contributed by atoms with Crippen LogP contribution in [0, 0.1) is 47.8 Å². The lowest BCUT2D eigenvalue weighted by Crippen LogP contribution is -2.45. The van der Waals surface area contributed by atoms with Crippen LogP contribution in [0.15, 0.2) is 243 Å². The fourth-order valence-electron chi connectivity index (χ4n) is 9.60. The number of amides is 2. The van der Waals surface area contributed by atoms with Gasteiger partial charge >= 0.3 is 6.09 Å². The molecule has 0 aliphatic carbocycles. The smallest absolute Gasteiger partial charge is 0.410 e. The molecule has 112 heavy (non-hydrogen) atoms. The minimum atomic E-state index is -3.49. The maximum Gasteiger partial charge on any atom is 0.410 e. The Morgan fingerprint density at radius 3 is 1.43 bits per heavy atom. The molecule has 27 nitrogen and oxygen atoms in total. The summed E-state index contributed by atoms with van der Waals surface area (Å²) < 4.78 is 55.1. The summed E-state index contributed by atoms with van der Waals surface area (Å²) in [6.07, 6.45) is 7.55. The van der Waals surface area contributed by atoms with Crippen LogP contribution < -0.4 is 48.0 Å². The molecule has 0 bridgehead atoms. The van der Waals surface area contributed by atoms with Crippen LogP contribution in [0.25, 0.3) is 53.4 Å². The molecule has 0 saturated carbocycles. The van der Waals surface area contributed by atoms with Crippen molar-refractivity contribution in [1.29, 1.82) is 15.9 Å². The van der Waals surface area contributed by atoms with Crippen molar-refractivity contribution in [2.24, 2.45) is 11.5 Å². The molecule has 4 heterocycles. The Kier molecular flexibility index (Phi) is 40.3. The topological polar surface area (TPSA) is 425 Å². The van der Waals surface area contributed by atoms with Gasteiger partial charge in [-0.1, -0.05) is 133 Å². The number of anilines is 2. The fraction of sp³-hybridized carbons (Fsp3) is 0.169. The molecule has 11 aromatic rings. The number of halogens is 1. The van der Waals surface area contributed by atoms with E-state index in [9.17, 15) is 18.0 Å². The molecule has 1 aliphatic heterocycles. The molecule has 8 aromatic carbocycles. The van der Waals surface area contributed by atoms with Crippen LogP contribution in [-0.4, -0.2) is 101 Å². The standard InChI is InChI=1S/C18H14N4O.C17H11BrN2O.C17H13N3O.C14H12O2.C11H21NO5S.C3H2N2.CH4N2.CH3NO.CH4.H3N/c19-17-16-15(10-20-18(16)22-11-21-17)12-6-8-14(9-7-12)23-13-4-2-1-3-5-13;1-20-17(12-19)16(11-18)13-7-9-15(10-8-13)21-14-5-3-2-4-6-14;1-19-16-15(11-20-17(16)18)12-7-9-14(10-8-12)21-13-5-3-2-4-6-13;1-11(15)12-7-9-14(10-8-12)16-13-5-3-2-4-6-13;1-11(2,3)16-10(13)12-7-5-6-9(8-12)17-18(4,14)15;1-5-3-2-4;2*2-1-3;;/h1-11H,(H3,19,20,21,22);2-10H,11H2;2-11,20H,18H2;2-10H,1H3;9H,5-8H2,1-4H3;3H2;1H,(H3,2,3);1H,(H2,2,3);1H4;1H3/b;17-16-;;;;;;;;. The number of Topliss-reactive ketones (excluding diaryl/α,β-unsaturated/α-hetero) is 1. The number of piperidine rings is 1. The average molecular weight is 1600 g/mol.